The molecular weight excluding hydrogens is 444 g/mol. The molecule has 0 atom stereocenters. The molecular formula is C20H21ClN4O3S2. The van der Waals surface area contributed by atoms with Crippen LogP contribution in [0, 0.1) is 0 Å². The number of halogens is 1. The largest absolute Gasteiger partial charge is 0.465 e. The molecule has 0 aliphatic heterocycles. The molecule has 0 unspecified atom stereocenters. The topological polar surface area (TPSA) is 86.1 Å². The number of anilines is 1. The molecule has 1 amide bonds. The van der Waals surface area contributed by atoms with Crippen LogP contribution < -0.4 is 5.32 Å². The summed E-state index contributed by atoms with van der Waals surface area (Å²) >= 11 is 8.75. The van der Waals surface area contributed by atoms with E-state index in [2.05, 4.69) is 15.5 Å². The molecule has 30 heavy (non-hydrogen) atoms. The number of nitrogens with zero attached hydrogens (tertiary/aromatic N) is 3. The predicted octanol–water partition coefficient (Wildman–Crippen LogP) is 4.76. The summed E-state index contributed by atoms with van der Waals surface area (Å²) in [7, 11) is 1.32. The zero-order valence-electron chi connectivity index (χ0n) is 16.8. The average Bonchev–Trinajstić information content (AvgIpc) is 3.35. The number of thioether (sulfide) groups is 1. The van der Waals surface area contributed by atoms with Crippen LogP contribution in [0.25, 0.3) is 11.4 Å². The first-order valence-electron chi connectivity index (χ1n) is 9.29. The molecule has 0 saturated heterocycles. The fraction of sp³-hybridized carbons (Fsp3) is 0.300. The van der Waals surface area contributed by atoms with Crippen LogP contribution in [0.2, 0.25) is 5.02 Å². The van der Waals surface area contributed by atoms with Crippen molar-refractivity contribution >= 4 is 51.6 Å². The summed E-state index contributed by atoms with van der Waals surface area (Å²) in [5.41, 5.74) is 1.24. The van der Waals surface area contributed by atoms with Crippen LogP contribution in [0.5, 0.6) is 0 Å². The van der Waals surface area contributed by atoms with Gasteiger partial charge in [-0.3, -0.25) is 4.79 Å². The Morgan fingerprint density at radius 2 is 2.07 bits per heavy atom. The van der Waals surface area contributed by atoms with Crippen LogP contribution in [0.3, 0.4) is 0 Å². The van der Waals surface area contributed by atoms with Crippen molar-refractivity contribution in [2.24, 2.45) is 0 Å². The number of aromatic nitrogens is 3. The fourth-order valence-corrected chi connectivity index (χ4v) is 4.78. The summed E-state index contributed by atoms with van der Waals surface area (Å²) in [5, 5.41) is 13.1. The summed E-state index contributed by atoms with van der Waals surface area (Å²) in [6.45, 7) is 4.63. The van der Waals surface area contributed by atoms with Crippen LogP contribution in [-0.4, -0.2) is 39.5 Å². The van der Waals surface area contributed by atoms with Gasteiger partial charge in [0.15, 0.2) is 11.0 Å². The highest BCUT2D eigenvalue weighted by Crippen LogP contribution is 2.30. The molecule has 0 saturated carbocycles. The molecule has 0 spiro atoms. The van der Waals surface area contributed by atoms with Gasteiger partial charge in [-0.15, -0.1) is 21.5 Å². The molecule has 1 N–H and O–H groups in total. The Kier molecular flexibility index (Phi) is 7.52. The lowest BCUT2D eigenvalue weighted by Crippen LogP contribution is -2.16. The number of hydrogen-bond donors (Lipinski definition) is 1. The molecule has 0 bridgehead atoms. The van der Waals surface area contributed by atoms with E-state index >= 15 is 0 Å². The number of ether oxygens (including phenoxy) is 1. The molecule has 2 heterocycles. The number of amides is 1. The zero-order chi connectivity index (χ0) is 21.7. The van der Waals surface area contributed by atoms with Crippen molar-refractivity contribution in [1.82, 2.24) is 14.8 Å². The summed E-state index contributed by atoms with van der Waals surface area (Å²) in [4.78, 5) is 25.5. The molecule has 0 aliphatic carbocycles. The van der Waals surface area contributed by atoms with E-state index < -0.39 is 5.97 Å². The third kappa shape index (κ3) is 5.03. The van der Waals surface area contributed by atoms with Crippen molar-refractivity contribution in [1.29, 1.82) is 0 Å². The number of esters is 1. The SMILES string of the molecule is CCc1cc(C(=O)OC)c(NC(=O)CSc2nnc(-c3cccc(Cl)c3)n2CC)s1. The minimum atomic E-state index is -0.467. The van der Waals surface area contributed by atoms with E-state index in [1.165, 1.54) is 30.2 Å². The van der Waals surface area contributed by atoms with Crippen LogP contribution in [-0.2, 0) is 22.5 Å². The quantitative estimate of drug-likeness (QED) is 0.382. The van der Waals surface area contributed by atoms with Crippen LogP contribution in [0.4, 0.5) is 5.00 Å². The van der Waals surface area contributed by atoms with Gasteiger partial charge in [-0.05, 0) is 31.5 Å². The predicted molar refractivity (Wildman–Crippen MR) is 121 cm³/mol. The van der Waals surface area contributed by atoms with Crippen molar-refractivity contribution in [3.05, 3.63) is 45.8 Å². The number of nitrogens with one attached hydrogen (secondary N) is 1. The highest BCUT2D eigenvalue weighted by Gasteiger charge is 2.19. The number of rotatable bonds is 8. The van der Waals surface area contributed by atoms with Crippen LogP contribution in [0.1, 0.15) is 29.1 Å². The maximum Gasteiger partial charge on any atom is 0.340 e. The Bertz CT molecular complexity index is 1060. The van der Waals surface area contributed by atoms with E-state index in [-0.39, 0.29) is 11.7 Å². The maximum absolute atomic E-state index is 12.5. The first-order chi connectivity index (χ1) is 14.5. The lowest BCUT2D eigenvalue weighted by atomic mass is 10.2. The second-order valence-electron chi connectivity index (χ2n) is 6.20. The summed E-state index contributed by atoms with van der Waals surface area (Å²) in [5.74, 6) is 0.130. The van der Waals surface area contributed by atoms with Crippen LogP contribution >= 0.6 is 34.7 Å². The van der Waals surface area contributed by atoms with E-state index in [0.29, 0.717) is 33.1 Å². The monoisotopic (exact) mass is 464 g/mol. The van der Waals surface area contributed by atoms with Crippen molar-refractivity contribution in [2.75, 3.05) is 18.2 Å². The highest BCUT2D eigenvalue weighted by molar-refractivity contribution is 7.99. The Labute approximate surface area is 187 Å². The number of carbonyl (C=O) groups is 2. The first-order valence-corrected chi connectivity index (χ1v) is 11.5. The number of hydrogen-bond acceptors (Lipinski definition) is 7. The first kappa shape index (κ1) is 22.3. The zero-order valence-corrected chi connectivity index (χ0v) is 19.2. The normalized spacial score (nSPS) is 10.8. The molecule has 158 valence electrons. The van der Waals surface area contributed by atoms with Crippen molar-refractivity contribution in [3.63, 3.8) is 0 Å². The number of aryl methyl sites for hydroxylation is 1. The lowest BCUT2D eigenvalue weighted by Gasteiger charge is -2.08. The van der Waals surface area contributed by atoms with Gasteiger partial charge < -0.3 is 14.6 Å². The molecule has 10 heteroatoms. The number of carbonyl (C=O) groups excluding carboxylic acids is 2. The smallest absolute Gasteiger partial charge is 0.340 e. The Hall–Kier alpha value is -2.36. The van der Waals surface area contributed by atoms with Gasteiger partial charge in [0.05, 0.1) is 18.4 Å². The van der Waals surface area contributed by atoms with Gasteiger partial charge in [0.2, 0.25) is 5.91 Å². The van der Waals surface area contributed by atoms with Gasteiger partial charge in [0.1, 0.15) is 5.00 Å². The molecule has 0 radical (unpaired) electrons. The van der Waals surface area contributed by atoms with Gasteiger partial charge >= 0.3 is 5.97 Å². The molecule has 0 fully saturated rings. The maximum atomic E-state index is 12.5. The van der Waals surface area contributed by atoms with E-state index in [1.54, 1.807) is 12.1 Å². The average molecular weight is 465 g/mol. The molecule has 0 aliphatic rings. The van der Waals surface area contributed by atoms with E-state index in [9.17, 15) is 9.59 Å². The van der Waals surface area contributed by atoms with Gasteiger partial charge in [0.25, 0.3) is 0 Å². The molecule has 3 aromatic rings. The summed E-state index contributed by atoms with van der Waals surface area (Å²) < 4.78 is 6.74. The number of methoxy groups -OCH3 is 1. The van der Waals surface area contributed by atoms with Gasteiger partial charge in [-0.25, -0.2) is 4.79 Å². The molecule has 3 rings (SSSR count). The van der Waals surface area contributed by atoms with Gasteiger partial charge in [-0.2, -0.15) is 0 Å². The Morgan fingerprint density at radius 1 is 1.27 bits per heavy atom. The van der Waals surface area contributed by atoms with Crippen LogP contribution in [0.15, 0.2) is 35.5 Å². The van der Waals surface area contributed by atoms with Crippen molar-refractivity contribution in [2.45, 2.75) is 32.0 Å². The third-order valence-electron chi connectivity index (χ3n) is 4.24. The molecule has 7 nitrogen and oxygen atoms in total. The number of thiophene rings is 1. The van der Waals surface area contributed by atoms with Gasteiger partial charge in [0, 0.05) is 22.0 Å². The second kappa shape index (κ2) is 10.1. The van der Waals surface area contributed by atoms with E-state index in [4.69, 9.17) is 16.3 Å². The third-order valence-corrected chi connectivity index (χ3v) is 6.63. The fourth-order valence-electron chi connectivity index (χ4n) is 2.79. The standard InChI is InChI=1S/C20H21ClN4O3S2/c1-4-14-10-15(19(27)28-3)18(30-14)22-16(26)11-29-20-24-23-17(25(20)5-2)12-7-6-8-13(21)9-12/h6-10H,4-5,11H2,1-3H3,(H,22,26). The van der Waals surface area contributed by atoms with E-state index in [1.807, 2.05) is 36.6 Å². The minimum absolute atomic E-state index is 0.133. The lowest BCUT2D eigenvalue weighted by molar-refractivity contribution is -0.113. The minimum Gasteiger partial charge on any atom is -0.465 e. The second-order valence-corrected chi connectivity index (χ2v) is 8.71. The highest BCUT2D eigenvalue weighted by atomic mass is 35.5. The Morgan fingerprint density at radius 3 is 2.73 bits per heavy atom. The van der Waals surface area contributed by atoms with E-state index in [0.717, 1.165) is 16.9 Å². The summed E-state index contributed by atoms with van der Waals surface area (Å²) in [6.07, 6.45) is 0.769. The summed E-state index contributed by atoms with van der Waals surface area (Å²) in [6, 6.07) is 9.16. The Balaban J connectivity index is 1.71. The molecule has 1 aromatic carbocycles. The van der Waals surface area contributed by atoms with Gasteiger partial charge in [-0.1, -0.05) is 42.4 Å². The van der Waals surface area contributed by atoms with Crippen molar-refractivity contribution in [3.8, 4) is 11.4 Å². The van der Waals surface area contributed by atoms with Crippen molar-refractivity contribution < 1.29 is 14.3 Å². The number of benzene rings is 1. The molecule has 2 aromatic heterocycles.